The lowest BCUT2D eigenvalue weighted by Gasteiger charge is -2.30. The molecule has 0 aromatic carbocycles. The van der Waals surface area contributed by atoms with Gasteiger partial charge in [-0.15, -0.1) is 0 Å². The van der Waals surface area contributed by atoms with Crippen LogP contribution in [0.5, 0.6) is 0 Å². The van der Waals surface area contributed by atoms with Gasteiger partial charge < -0.3 is 132 Å². The second-order valence-corrected chi connectivity index (χ2v) is 26.9. The van der Waals surface area contributed by atoms with E-state index in [0.29, 0.717) is 19.3 Å². The zero-order valence-electron chi connectivity index (χ0n) is 62.0. The molecule has 41 heteroatoms. The summed E-state index contributed by atoms with van der Waals surface area (Å²) in [4.78, 5) is 204. The summed E-state index contributed by atoms with van der Waals surface area (Å²) in [5, 5.41) is 48.5. The smallest absolute Gasteiger partial charge is 0.245 e. The van der Waals surface area contributed by atoms with Crippen molar-refractivity contribution in [1.29, 1.82) is 0 Å². The Kier molecular flexibility index (Phi) is 45.9. The van der Waals surface area contributed by atoms with E-state index >= 15 is 0 Å². The van der Waals surface area contributed by atoms with Crippen LogP contribution in [0.2, 0.25) is 0 Å². The molecule has 0 aromatic heterocycles. The Hall–Kier alpha value is -9.77. The highest BCUT2D eigenvalue weighted by Crippen LogP contribution is 2.15. The van der Waals surface area contributed by atoms with Gasteiger partial charge >= 0.3 is 0 Å². The molecule has 105 heavy (non-hydrogen) atoms. The molecule has 598 valence electrons. The molecule has 0 saturated heterocycles. The highest BCUT2D eigenvalue weighted by molar-refractivity contribution is 6.00. The first-order chi connectivity index (χ1) is 49.1. The Morgan fingerprint density at radius 1 is 0.362 bits per heavy atom. The third-order valence-corrected chi connectivity index (χ3v) is 16.3. The summed E-state index contributed by atoms with van der Waals surface area (Å²) < 4.78 is 0. The van der Waals surface area contributed by atoms with E-state index in [1.54, 1.807) is 41.5 Å². The lowest BCUT2D eigenvalue weighted by Crippen LogP contribution is -2.62. The van der Waals surface area contributed by atoms with Crippen LogP contribution in [0.3, 0.4) is 0 Å². The number of hydrogen-bond acceptors (Lipinski definition) is 21. The molecule has 0 radical (unpaired) electrons. The molecule has 14 atom stereocenters. The van der Waals surface area contributed by atoms with Crippen molar-refractivity contribution in [3.8, 4) is 0 Å². The van der Waals surface area contributed by atoms with E-state index in [1.165, 1.54) is 20.8 Å². The molecule has 35 N–H and O–H groups in total. The summed E-state index contributed by atoms with van der Waals surface area (Å²) in [5.41, 5.74) is 61.0. The molecule has 0 unspecified atom stereocenters. The summed E-state index contributed by atoms with van der Waals surface area (Å²) in [6.07, 6.45) is -1.89. The SMILES string of the molecule is CC[C@H](C)[C@H](NC(=O)[C@H](CO)NC(=O)[C@H](CC(C)C)NC(=O)[C@H](CCC(N)=O)NC(=O)[C@@H](NC(=O)[C@H](CCC(N)=O)NC(=O)[C@H](CC(C)C)NC(=O)[C@H](CCCN=C(N)N)NC(=O)[C@H](CCCCN)NC(=O)[C@@H](N)CCCN=C(N)N)C(C)C)C(=O)N[C@@H](CCCN=C(N)N)C(=O)N[C@H](C(N)=O)[C@@H](C)O. The van der Waals surface area contributed by atoms with Crippen LogP contribution in [0.15, 0.2) is 15.0 Å². The van der Waals surface area contributed by atoms with Crippen molar-refractivity contribution >= 4 is 101 Å². The molecule has 0 heterocycles. The van der Waals surface area contributed by atoms with Crippen molar-refractivity contribution in [2.75, 3.05) is 32.8 Å². The average Bonchev–Trinajstić information content (AvgIpc) is 0.853. The van der Waals surface area contributed by atoms with Crippen LogP contribution in [0, 0.1) is 23.7 Å². The van der Waals surface area contributed by atoms with Gasteiger partial charge in [0, 0.05) is 32.5 Å². The zero-order chi connectivity index (χ0) is 80.4. The quantitative estimate of drug-likeness (QED) is 0.0153. The number of nitrogens with one attached hydrogen (secondary N) is 11. The number of nitrogens with two attached hydrogens (primary N) is 11. The number of carbonyl (C=O) groups excluding carboxylic acids is 14. The van der Waals surface area contributed by atoms with E-state index in [9.17, 15) is 77.3 Å². The van der Waals surface area contributed by atoms with Gasteiger partial charge in [-0.2, -0.15) is 0 Å². The molecule has 0 bridgehead atoms. The number of carbonyl (C=O) groups is 14. The molecule has 41 nitrogen and oxygen atoms in total. The van der Waals surface area contributed by atoms with Crippen molar-refractivity contribution in [3.63, 3.8) is 0 Å². The summed E-state index contributed by atoms with van der Waals surface area (Å²) in [6, 6.07) is -17.7. The fourth-order valence-corrected chi connectivity index (χ4v) is 10.3. The second kappa shape index (κ2) is 50.6. The van der Waals surface area contributed by atoms with Crippen LogP contribution in [-0.2, 0) is 67.1 Å². The van der Waals surface area contributed by atoms with E-state index in [1.807, 2.05) is 0 Å². The highest BCUT2D eigenvalue weighted by Gasteiger charge is 2.39. The van der Waals surface area contributed by atoms with Crippen molar-refractivity contribution in [2.45, 2.75) is 244 Å². The summed E-state index contributed by atoms with van der Waals surface area (Å²) in [5.74, 6) is -16.1. The number of aliphatic hydroxyl groups excluding tert-OH is 2. The van der Waals surface area contributed by atoms with E-state index in [4.69, 9.17) is 63.1 Å². The van der Waals surface area contributed by atoms with Gasteiger partial charge in [-0.05, 0) is 121 Å². The van der Waals surface area contributed by atoms with Crippen LogP contribution in [0.1, 0.15) is 165 Å². The van der Waals surface area contributed by atoms with Crippen LogP contribution in [0.25, 0.3) is 0 Å². The van der Waals surface area contributed by atoms with Crippen molar-refractivity contribution in [3.05, 3.63) is 0 Å². The van der Waals surface area contributed by atoms with Gasteiger partial charge in [-0.3, -0.25) is 82.1 Å². The molecule has 0 rings (SSSR count). The minimum atomic E-state index is -1.79. The van der Waals surface area contributed by atoms with Gasteiger partial charge in [0.15, 0.2) is 17.9 Å². The molecule has 0 fully saturated rings. The molecule has 0 saturated carbocycles. The van der Waals surface area contributed by atoms with Crippen LogP contribution in [-0.4, -0.2) is 222 Å². The maximum Gasteiger partial charge on any atom is 0.245 e. The Morgan fingerprint density at radius 2 is 0.667 bits per heavy atom. The summed E-state index contributed by atoms with van der Waals surface area (Å²) >= 11 is 0. The van der Waals surface area contributed by atoms with Gasteiger partial charge in [0.05, 0.1) is 18.8 Å². The van der Waals surface area contributed by atoms with Gasteiger partial charge in [-0.25, -0.2) is 0 Å². The van der Waals surface area contributed by atoms with Crippen molar-refractivity contribution in [2.24, 2.45) is 102 Å². The van der Waals surface area contributed by atoms with E-state index < -0.39 is 205 Å². The Morgan fingerprint density at radius 3 is 1.01 bits per heavy atom. The van der Waals surface area contributed by atoms with E-state index in [2.05, 4.69) is 73.5 Å². The Labute approximate surface area is 612 Å². The zero-order valence-corrected chi connectivity index (χ0v) is 62.0. The van der Waals surface area contributed by atoms with E-state index in [-0.39, 0.29) is 114 Å². The van der Waals surface area contributed by atoms with Crippen molar-refractivity contribution in [1.82, 2.24) is 58.5 Å². The fourth-order valence-electron chi connectivity index (χ4n) is 10.3. The lowest BCUT2D eigenvalue weighted by atomic mass is 9.97. The standard InChI is InChI=1S/C64H121N25O16/c1-10-34(8)48(61(105)82-39(19-15-27-78-64(74)75)55(99)89-49(35(9)91)50(69)94)88-59(103)44(30-90)86-58(102)43(29-32(4)5)85-54(98)40(20-22-45(67)92)83-60(104)47(33(6)7)87-56(100)41(21-23-46(68)93)81-57(101)42(28-31(2)3)84-53(97)38(18-14-26-77-63(72)73)80-52(96)37(17-11-12-24-65)79-51(95)36(66)16-13-25-76-62(70)71/h31-44,47-49,90-91H,10-30,65-66H2,1-9H3,(H2,67,92)(H2,68,93)(H2,69,94)(H,79,95)(H,80,96)(H,81,101)(H,82,105)(H,83,104)(H,84,97)(H,85,98)(H,86,102)(H,87,100)(H,88,103)(H,89,99)(H4,70,71,76)(H4,72,73,77)(H4,74,75,78)/t34-,35+,36-,37-,38-,39-,40-,41-,42-,43-,44-,47-,48-,49-/m0/s1. The molecular formula is C64H121N25O16. The van der Waals surface area contributed by atoms with E-state index in [0.717, 1.165) is 0 Å². The topological polar surface area (TPSA) is 735 Å². The van der Waals surface area contributed by atoms with Crippen LogP contribution >= 0.6 is 0 Å². The number of primary amides is 3. The third-order valence-electron chi connectivity index (χ3n) is 16.3. The summed E-state index contributed by atoms with van der Waals surface area (Å²) in [7, 11) is 0. The molecular weight excluding hydrogens is 1370 g/mol. The normalized spacial score (nSPS) is 15.2. The van der Waals surface area contributed by atoms with Crippen molar-refractivity contribution < 1.29 is 77.3 Å². The van der Waals surface area contributed by atoms with Gasteiger partial charge in [0.2, 0.25) is 82.7 Å². The molecule has 0 aromatic rings. The minimum absolute atomic E-state index is 0.00956. The fraction of sp³-hybridized carbons (Fsp3) is 0.734. The second-order valence-electron chi connectivity index (χ2n) is 26.9. The number of hydrogen-bond donors (Lipinski definition) is 24. The molecule has 0 aliphatic heterocycles. The predicted octanol–water partition coefficient (Wildman–Crippen LogP) is -8.88. The number of amides is 14. The number of aliphatic hydroxyl groups is 2. The highest BCUT2D eigenvalue weighted by atomic mass is 16.3. The maximum atomic E-state index is 14.5. The largest absolute Gasteiger partial charge is 0.394 e. The summed E-state index contributed by atoms with van der Waals surface area (Å²) in [6.45, 7) is 13.7. The Bertz CT molecular complexity index is 2940. The monoisotopic (exact) mass is 1500 g/mol. The number of rotatable bonds is 54. The number of nitrogens with zero attached hydrogens (tertiary/aromatic N) is 3. The Balaban J connectivity index is 7.11. The lowest BCUT2D eigenvalue weighted by molar-refractivity contribution is -0.137. The maximum absolute atomic E-state index is 14.5. The number of unbranched alkanes of at least 4 members (excludes halogenated alkanes) is 1. The molecule has 14 amide bonds. The average molecular weight is 1500 g/mol. The number of aliphatic imine (C=N–C) groups is 3. The van der Waals surface area contributed by atoms with Gasteiger partial charge in [0.25, 0.3) is 0 Å². The molecule has 0 aliphatic carbocycles. The molecule has 0 aliphatic rings. The number of guanidine groups is 3. The minimum Gasteiger partial charge on any atom is -0.394 e. The van der Waals surface area contributed by atoms with Gasteiger partial charge in [0.1, 0.15) is 66.5 Å². The first kappa shape index (κ1) is 95.2. The first-order valence-corrected chi connectivity index (χ1v) is 35.2. The predicted molar refractivity (Wildman–Crippen MR) is 390 cm³/mol. The molecule has 0 spiro atoms. The van der Waals surface area contributed by atoms with Crippen LogP contribution < -0.4 is 122 Å². The van der Waals surface area contributed by atoms with Gasteiger partial charge in [-0.1, -0.05) is 61.8 Å². The van der Waals surface area contributed by atoms with Crippen LogP contribution in [0.4, 0.5) is 0 Å². The first-order valence-electron chi connectivity index (χ1n) is 35.2. The third kappa shape index (κ3) is 39.6.